The van der Waals surface area contributed by atoms with Gasteiger partial charge in [0.1, 0.15) is 0 Å². The van der Waals surface area contributed by atoms with Crippen LogP contribution >= 0.6 is 15.9 Å². The van der Waals surface area contributed by atoms with E-state index in [9.17, 15) is 8.42 Å². The van der Waals surface area contributed by atoms with Crippen LogP contribution in [0.4, 0.5) is 0 Å². The monoisotopic (exact) mass is 411 g/mol. The minimum absolute atomic E-state index is 0.270. The molecule has 4 aromatic rings. The van der Waals surface area contributed by atoms with E-state index < -0.39 is 10.0 Å². The Morgan fingerprint density at radius 1 is 0.760 bits per heavy atom. The van der Waals surface area contributed by atoms with Gasteiger partial charge in [0.15, 0.2) is 0 Å². The van der Waals surface area contributed by atoms with Crippen LogP contribution in [-0.2, 0) is 10.0 Å². The van der Waals surface area contributed by atoms with Gasteiger partial charge in [-0.15, -0.1) is 0 Å². The van der Waals surface area contributed by atoms with E-state index in [0.29, 0.717) is 5.69 Å². The largest absolute Gasteiger partial charge is 0.268 e. The summed E-state index contributed by atoms with van der Waals surface area (Å²) in [6, 6.07) is 23.9. The molecule has 4 rings (SSSR count). The number of halogens is 1. The number of fused-ring (bicyclic) bond motifs is 1. The highest BCUT2D eigenvalue weighted by Crippen LogP contribution is 2.35. The molecular weight excluding hydrogens is 398 g/mol. The zero-order valence-corrected chi connectivity index (χ0v) is 15.5. The Hall–Kier alpha value is -2.37. The van der Waals surface area contributed by atoms with Crippen molar-refractivity contribution in [1.82, 2.24) is 3.97 Å². The predicted octanol–water partition coefficient (Wildman–Crippen LogP) is 5.31. The molecule has 124 valence electrons. The molecule has 0 aliphatic rings. The number of aromatic nitrogens is 1. The average Bonchev–Trinajstić information content (AvgIpc) is 3.13. The quantitative estimate of drug-likeness (QED) is 0.458. The lowest BCUT2D eigenvalue weighted by molar-refractivity contribution is 0.588. The molecule has 0 bridgehead atoms. The minimum Gasteiger partial charge on any atom is -0.241 e. The van der Waals surface area contributed by atoms with Crippen molar-refractivity contribution in [3.05, 3.63) is 89.5 Å². The van der Waals surface area contributed by atoms with E-state index in [1.807, 2.05) is 42.5 Å². The van der Waals surface area contributed by atoms with Crippen LogP contribution in [0.2, 0.25) is 0 Å². The topological polar surface area (TPSA) is 39.1 Å². The van der Waals surface area contributed by atoms with Crippen molar-refractivity contribution in [2.75, 3.05) is 0 Å². The van der Waals surface area contributed by atoms with E-state index in [2.05, 4.69) is 15.9 Å². The molecule has 0 fully saturated rings. The number of nitrogens with zero attached hydrogens (tertiary/aromatic N) is 1. The van der Waals surface area contributed by atoms with Crippen molar-refractivity contribution in [3.8, 4) is 11.3 Å². The fourth-order valence-corrected chi connectivity index (χ4v) is 4.97. The minimum atomic E-state index is -3.65. The maximum absolute atomic E-state index is 13.1. The van der Waals surface area contributed by atoms with Crippen LogP contribution in [-0.4, -0.2) is 12.4 Å². The third kappa shape index (κ3) is 2.69. The Balaban J connectivity index is 1.99. The molecule has 0 aliphatic heterocycles. The fourth-order valence-electron chi connectivity index (χ4n) is 3.00. The summed E-state index contributed by atoms with van der Waals surface area (Å²) in [6.45, 7) is 0. The molecule has 0 saturated heterocycles. The van der Waals surface area contributed by atoms with E-state index in [-0.39, 0.29) is 4.90 Å². The molecule has 0 atom stereocenters. The number of rotatable bonds is 3. The summed E-state index contributed by atoms with van der Waals surface area (Å²) in [6.07, 6.45) is 1.59. The highest BCUT2D eigenvalue weighted by molar-refractivity contribution is 9.10. The lowest BCUT2D eigenvalue weighted by Crippen LogP contribution is -2.13. The molecule has 0 saturated carbocycles. The number of hydrogen-bond acceptors (Lipinski definition) is 2. The zero-order valence-electron chi connectivity index (χ0n) is 13.1. The van der Waals surface area contributed by atoms with Crippen LogP contribution in [0.3, 0.4) is 0 Å². The Morgan fingerprint density at radius 2 is 1.48 bits per heavy atom. The average molecular weight is 412 g/mol. The van der Waals surface area contributed by atoms with Crippen molar-refractivity contribution in [3.63, 3.8) is 0 Å². The third-order valence-corrected chi connectivity index (χ3v) is 6.51. The van der Waals surface area contributed by atoms with E-state index in [1.165, 1.54) is 3.97 Å². The maximum Gasteiger partial charge on any atom is 0.268 e. The van der Waals surface area contributed by atoms with Gasteiger partial charge in [-0.25, -0.2) is 12.4 Å². The SMILES string of the molecule is O=S(=O)(c1ccccc1)n1cccc1-c1cccc2cccc(Br)c12. The Labute approximate surface area is 154 Å². The van der Waals surface area contributed by atoms with E-state index >= 15 is 0 Å². The summed E-state index contributed by atoms with van der Waals surface area (Å²) in [5, 5.41) is 2.05. The van der Waals surface area contributed by atoms with Crippen molar-refractivity contribution in [1.29, 1.82) is 0 Å². The summed E-state index contributed by atoms with van der Waals surface area (Å²) in [5.74, 6) is 0. The molecule has 5 heteroatoms. The van der Waals surface area contributed by atoms with Crippen LogP contribution in [0.1, 0.15) is 0 Å². The second-order valence-corrected chi connectivity index (χ2v) is 8.32. The third-order valence-electron chi connectivity index (χ3n) is 4.14. The predicted molar refractivity (Wildman–Crippen MR) is 104 cm³/mol. The number of hydrogen-bond donors (Lipinski definition) is 0. The first-order chi connectivity index (χ1) is 12.1. The van der Waals surface area contributed by atoms with Gasteiger partial charge in [-0.05, 0) is 35.7 Å². The number of benzene rings is 3. The summed E-state index contributed by atoms with van der Waals surface area (Å²) < 4.78 is 28.4. The zero-order chi connectivity index (χ0) is 17.4. The lowest BCUT2D eigenvalue weighted by Gasteiger charge is -2.13. The lowest BCUT2D eigenvalue weighted by atomic mass is 10.0. The molecule has 3 nitrogen and oxygen atoms in total. The van der Waals surface area contributed by atoms with Gasteiger partial charge in [0, 0.05) is 21.6 Å². The molecular formula is C20H14BrNO2S. The summed E-state index contributed by atoms with van der Waals surface area (Å²) in [4.78, 5) is 0.270. The highest BCUT2D eigenvalue weighted by atomic mass is 79.9. The van der Waals surface area contributed by atoms with Crippen LogP contribution in [0.5, 0.6) is 0 Å². The van der Waals surface area contributed by atoms with Crippen LogP contribution in [0.15, 0.2) is 94.4 Å². The summed E-state index contributed by atoms with van der Waals surface area (Å²) >= 11 is 3.59. The van der Waals surface area contributed by atoms with Crippen molar-refractivity contribution >= 4 is 36.7 Å². The van der Waals surface area contributed by atoms with Crippen molar-refractivity contribution in [2.24, 2.45) is 0 Å². The molecule has 25 heavy (non-hydrogen) atoms. The van der Waals surface area contributed by atoms with Gasteiger partial charge >= 0.3 is 0 Å². The molecule has 3 aromatic carbocycles. The van der Waals surface area contributed by atoms with Gasteiger partial charge in [-0.3, -0.25) is 0 Å². The standard InChI is InChI=1S/C20H14BrNO2S/c21-18-12-5-8-15-7-4-11-17(20(15)18)19-13-6-14-22(19)25(23,24)16-9-2-1-3-10-16/h1-14H. The van der Waals surface area contributed by atoms with Crippen LogP contribution < -0.4 is 0 Å². The van der Waals surface area contributed by atoms with Gasteiger partial charge < -0.3 is 0 Å². The second-order valence-electron chi connectivity index (χ2n) is 5.65. The van der Waals surface area contributed by atoms with E-state index in [4.69, 9.17) is 0 Å². The molecule has 0 aliphatic carbocycles. The van der Waals surface area contributed by atoms with Gasteiger partial charge in [0.25, 0.3) is 10.0 Å². The molecule has 0 amide bonds. The molecule has 0 unspecified atom stereocenters. The van der Waals surface area contributed by atoms with Crippen LogP contribution in [0.25, 0.3) is 22.0 Å². The Morgan fingerprint density at radius 3 is 2.24 bits per heavy atom. The first-order valence-corrected chi connectivity index (χ1v) is 9.98. The second kappa shape index (κ2) is 6.17. The molecule has 0 radical (unpaired) electrons. The smallest absolute Gasteiger partial charge is 0.241 e. The van der Waals surface area contributed by atoms with Crippen molar-refractivity contribution in [2.45, 2.75) is 4.90 Å². The Bertz CT molecular complexity index is 1160. The summed E-state index contributed by atoms with van der Waals surface area (Å²) in [7, 11) is -3.65. The summed E-state index contributed by atoms with van der Waals surface area (Å²) in [5.41, 5.74) is 1.51. The molecule has 1 heterocycles. The van der Waals surface area contributed by atoms with Gasteiger partial charge in [-0.2, -0.15) is 0 Å². The first-order valence-electron chi connectivity index (χ1n) is 7.74. The normalized spacial score (nSPS) is 11.7. The van der Waals surface area contributed by atoms with Crippen molar-refractivity contribution < 1.29 is 8.42 Å². The van der Waals surface area contributed by atoms with Gasteiger partial charge in [-0.1, -0.05) is 64.5 Å². The van der Waals surface area contributed by atoms with Gasteiger partial charge in [0.05, 0.1) is 10.6 Å². The van der Waals surface area contributed by atoms with Gasteiger partial charge in [0.2, 0.25) is 0 Å². The Kier molecular flexibility index (Phi) is 3.98. The van der Waals surface area contributed by atoms with Crippen LogP contribution in [0, 0.1) is 0 Å². The first kappa shape index (κ1) is 16.1. The molecule has 1 aromatic heterocycles. The molecule has 0 N–H and O–H groups in total. The fraction of sp³-hybridized carbons (Fsp3) is 0. The maximum atomic E-state index is 13.1. The van der Waals surface area contributed by atoms with E-state index in [1.54, 1.807) is 42.6 Å². The highest BCUT2D eigenvalue weighted by Gasteiger charge is 2.21. The molecule has 0 spiro atoms. The van der Waals surface area contributed by atoms with E-state index in [0.717, 1.165) is 20.8 Å².